The molecule has 0 spiro atoms. The number of nitrogens with zero attached hydrogens (tertiary/aromatic N) is 1. The van der Waals surface area contributed by atoms with Crippen LogP contribution >= 0.6 is 0 Å². The van der Waals surface area contributed by atoms with Crippen LogP contribution in [0.1, 0.15) is 49.1 Å². The van der Waals surface area contributed by atoms with Gasteiger partial charge in [-0.2, -0.15) is 0 Å². The molecule has 2 bridgehead atoms. The van der Waals surface area contributed by atoms with Gasteiger partial charge in [0, 0.05) is 25.2 Å². The average molecular weight is 284 g/mol. The molecule has 1 aliphatic carbocycles. The number of fused-ring (bicyclic) bond motifs is 3. The zero-order valence-electron chi connectivity index (χ0n) is 12.6. The van der Waals surface area contributed by atoms with E-state index in [2.05, 4.69) is 34.5 Å². The van der Waals surface area contributed by atoms with Crippen LogP contribution in [0, 0.1) is 0 Å². The van der Waals surface area contributed by atoms with Gasteiger partial charge in [-0.15, -0.1) is 0 Å². The van der Waals surface area contributed by atoms with E-state index in [1.807, 2.05) is 0 Å². The van der Waals surface area contributed by atoms with Gasteiger partial charge in [-0.25, -0.2) is 0 Å². The Kier molecular flexibility index (Phi) is 3.46. The van der Waals surface area contributed by atoms with Crippen molar-refractivity contribution in [2.75, 3.05) is 13.1 Å². The van der Waals surface area contributed by atoms with E-state index in [1.165, 1.54) is 24.0 Å². The second kappa shape index (κ2) is 5.45. The molecule has 3 nitrogen and oxygen atoms in total. The Bertz CT molecular complexity index is 542. The van der Waals surface area contributed by atoms with E-state index in [0.29, 0.717) is 18.0 Å². The molecule has 0 aromatic heterocycles. The summed E-state index contributed by atoms with van der Waals surface area (Å²) in [4.78, 5) is 15.2. The maximum atomic E-state index is 13.0. The molecule has 1 aromatic carbocycles. The third-order valence-electron chi connectivity index (χ3n) is 5.50. The molecule has 1 aromatic rings. The smallest absolute Gasteiger partial charge is 0.230 e. The Morgan fingerprint density at radius 3 is 2.90 bits per heavy atom. The standard InChI is InChI=1S/C18H24N2O/c21-18(20-11-10-14-8-9-15(12-20)19-14)17-7-3-5-13-4-1-2-6-16(13)17/h1-2,4,6,14-15,17,19H,3,5,7-12H2. The molecule has 4 rings (SSSR count). The predicted octanol–water partition coefficient (Wildman–Crippen LogP) is 2.46. The molecule has 3 unspecified atom stereocenters. The number of benzene rings is 1. The summed E-state index contributed by atoms with van der Waals surface area (Å²) >= 11 is 0. The van der Waals surface area contributed by atoms with Crippen molar-refractivity contribution in [2.45, 2.75) is 56.5 Å². The number of hydrogen-bond acceptors (Lipinski definition) is 2. The van der Waals surface area contributed by atoms with Crippen LogP contribution < -0.4 is 5.32 Å². The van der Waals surface area contributed by atoms with Gasteiger partial charge in [-0.1, -0.05) is 24.3 Å². The quantitative estimate of drug-likeness (QED) is 0.859. The average Bonchev–Trinajstić information content (AvgIpc) is 2.85. The second-order valence-electron chi connectivity index (χ2n) is 6.85. The van der Waals surface area contributed by atoms with E-state index >= 15 is 0 Å². The summed E-state index contributed by atoms with van der Waals surface area (Å²) < 4.78 is 0. The Hall–Kier alpha value is -1.35. The minimum Gasteiger partial charge on any atom is -0.341 e. The van der Waals surface area contributed by atoms with Gasteiger partial charge in [-0.3, -0.25) is 4.79 Å². The van der Waals surface area contributed by atoms with E-state index in [4.69, 9.17) is 0 Å². The third kappa shape index (κ3) is 2.48. The molecule has 1 amide bonds. The van der Waals surface area contributed by atoms with E-state index < -0.39 is 0 Å². The molecule has 3 aliphatic rings. The normalized spacial score (nSPS) is 31.6. The Labute approximate surface area is 126 Å². The first kappa shape index (κ1) is 13.3. The van der Waals surface area contributed by atoms with Gasteiger partial charge in [0.2, 0.25) is 5.91 Å². The van der Waals surface area contributed by atoms with E-state index in [0.717, 1.165) is 38.8 Å². The Balaban J connectivity index is 1.55. The van der Waals surface area contributed by atoms with Gasteiger partial charge in [0.05, 0.1) is 5.92 Å². The van der Waals surface area contributed by atoms with Gasteiger partial charge >= 0.3 is 0 Å². The van der Waals surface area contributed by atoms with Crippen molar-refractivity contribution in [3.63, 3.8) is 0 Å². The minimum atomic E-state index is 0.103. The fourth-order valence-corrected chi connectivity index (χ4v) is 4.37. The summed E-state index contributed by atoms with van der Waals surface area (Å²) in [5, 5.41) is 3.67. The lowest BCUT2D eigenvalue weighted by atomic mass is 9.82. The van der Waals surface area contributed by atoms with Crippen molar-refractivity contribution in [2.24, 2.45) is 0 Å². The SMILES string of the molecule is O=C(C1CCCc2ccccc21)N1CCC2CCC(C1)N2. The molecule has 2 heterocycles. The minimum absolute atomic E-state index is 0.103. The van der Waals surface area contributed by atoms with Crippen molar-refractivity contribution in [1.29, 1.82) is 0 Å². The number of nitrogens with one attached hydrogen (secondary N) is 1. The first-order valence-corrected chi connectivity index (χ1v) is 8.44. The first-order valence-electron chi connectivity index (χ1n) is 8.44. The van der Waals surface area contributed by atoms with Crippen LogP contribution in [0.4, 0.5) is 0 Å². The van der Waals surface area contributed by atoms with Crippen molar-refractivity contribution < 1.29 is 4.79 Å². The van der Waals surface area contributed by atoms with Gasteiger partial charge in [-0.05, 0) is 49.7 Å². The second-order valence-corrected chi connectivity index (χ2v) is 6.85. The number of carbonyl (C=O) groups is 1. The molecule has 0 saturated carbocycles. The van der Waals surface area contributed by atoms with Crippen molar-refractivity contribution >= 4 is 5.91 Å². The molecule has 1 N–H and O–H groups in total. The molecule has 2 aliphatic heterocycles. The van der Waals surface area contributed by atoms with Gasteiger partial charge < -0.3 is 10.2 Å². The number of hydrogen-bond donors (Lipinski definition) is 1. The highest BCUT2D eigenvalue weighted by molar-refractivity contribution is 5.84. The van der Waals surface area contributed by atoms with Crippen LogP contribution in [0.15, 0.2) is 24.3 Å². The summed E-state index contributed by atoms with van der Waals surface area (Å²) in [5.74, 6) is 0.475. The highest BCUT2D eigenvalue weighted by atomic mass is 16.2. The highest BCUT2D eigenvalue weighted by Gasteiger charge is 2.35. The van der Waals surface area contributed by atoms with E-state index in [9.17, 15) is 4.79 Å². The van der Waals surface area contributed by atoms with Crippen molar-refractivity contribution in [3.05, 3.63) is 35.4 Å². The van der Waals surface area contributed by atoms with Crippen LogP contribution in [-0.4, -0.2) is 36.0 Å². The van der Waals surface area contributed by atoms with Crippen molar-refractivity contribution in [3.8, 4) is 0 Å². The number of amides is 1. The lowest BCUT2D eigenvalue weighted by Crippen LogP contribution is -2.42. The number of likely N-dealkylation sites (tertiary alicyclic amines) is 1. The fourth-order valence-electron chi connectivity index (χ4n) is 4.37. The molecule has 0 radical (unpaired) electrons. The molecule has 112 valence electrons. The maximum absolute atomic E-state index is 13.0. The van der Waals surface area contributed by atoms with Crippen LogP contribution in [0.5, 0.6) is 0 Å². The molecule has 3 atom stereocenters. The molecule has 2 saturated heterocycles. The van der Waals surface area contributed by atoms with Crippen LogP contribution in [0.3, 0.4) is 0 Å². The molecular weight excluding hydrogens is 260 g/mol. The summed E-state index contributed by atoms with van der Waals surface area (Å²) in [6.07, 6.45) is 6.94. The number of rotatable bonds is 1. The summed E-state index contributed by atoms with van der Waals surface area (Å²) in [5.41, 5.74) is 2.67. The zero-order chi connectivity index (χ0) is 14.2. The summed E-state index contributed by atoms with van der Waals surface area (Å²) in [7, 11) is 0. The topological polar surface area (TPSA) is 32.3 Å². The van der Waals surface area contributed by atoms with E-state index in [1.54, 1.807) is 0 Å². The Morgan fingerprint density at radius 1 is 1.10 bits per heavy atom. The molecule has 3 heteroatoms. The highest BCUT2D eigenvalue weighted by Crippen LogP contribution is 2.33. The third-order valence-corrected chi connectivity index (χ3v) is 5.50. The largest absolute Gasteiger partial charge is 0.341 e. The molecule has 21 heavy (non-hydrogen) atoms. The summed E-state index contributed by atoms with van der Waals surface area (Å²) in [6.45, 7) is 1.85. The van der Waals surface area contributed by atoms with Crippen molar-refractivity contribution in [1.82, 2.24) is 10.2 Å². The number of carbonyl (C=O) groups excluding carboxylic acids is 1. The zero-order valence-corrected chi connectivity index (χ0v) is 12.6. The predicted molar refractivity (Wildman–Crippen MR) is 83.3 cm³/mol. The van der Waals surface area contributed by atoms with Gasteiger partial charge in [0.1, 0.15) is 0 Å². The number of aryl methyl sites for hydroxylation is 1. The van der Waals surface area contributed by atoms with Gasteiger partial charge in [0.25, 0.3) is 0 Å². The van der Waals surface area contributed by atoms with Crippen LogP contribution in [0.25, 0.3) is 0 Å². The monoisotopic (exact) mass is 284 g/mol. The first-order chi connectivity index (χ1) is 10.3. The van der Waals surface area contributed by atoms with Gasteiger partial charge in [0.15, 0.2) is 0 Å². The maximum Gasteiger partial charge on any atom is 0.230 e. The lowest BCUT2D eigenvalue weighted by Gasteiger charge is -2.31. The molecular formula is C18H24N2O. The summed E-state index contributed by atoms with van der Waals surface area (Å²) in [6, 6.07) is 9.71. The fraction of sp³-hybridized carbons (Fsp3) is 0.611. The lowest BCUT2D eigenvalue weighted by molar-refractivity contribution is -0.133. The van der Waals surface area contributed by atoms with Crippen LogP contribution in [-0.2, 0) is 11.2 Å². The Morgan fingerprint density at radius 2 is 1.95 bits per heavy atom. The van der Waals surface area contributed by atoms with E-state index in [-0.39, 0.29) is 5.92 Å². The molecule has 2 fully saturated rings. The van der Waals surface area contributed by atoms with Crippen LogP contribution in [0.2, 0.25) is 0 Å².